The van der Waals surface area contributed by atoms with Gasteiger partial charge in [0.15, 0.2) is 5.03 Å². The molecule has 0 amide bonds. The SMILES string of the molecule is O=S(=O)(c1ccc(CCl)cn1)C(F)(F)F. The molecule has 3 nitrogen and oxygen atoms in total. The Morgan fingerprint density at radius 1 is 1.33 bits per heavy atom. The van der Waals surface area contributed by atoms with Crippen LogP contribution in [0.4, 0.5) is 13.2 Å². The van der Waals surface area contributed by atoms with Gasteiger partial charge < -0.3 is 0 Å². The molecule has 0 atom stereocenters. The van der Waals surface area contributed by atoms with Crippen molar-refractivity contribution >= 4 is 21.4 Å². The van der Waals surface area contributed by atoms with E-state index in [0.29, 0.717) is 5.56 Å². The van der Waals surface area contributed by atoms with Crippen LogP contribution in [0.25, 0.3) is 0 Å². The summed E-state index contributed by atoms with van der Waals surface area (Å²) in [5, 5.41) is -1.02. The second-order valence-electron chi connectivity index (χ2n) is 2.59. The van der Waals surface area contributed by atoms with E-state index in [2.05, 4.69) is 4.98 Å². The molecule has 0 aliphatic rings. The Hall–Kier alpha value is -0.820. The highest BCUT2D eigenvalue weighted by Gasteiger charge is 2.47. The maximum atomic E-state index is 12.0. The van der Waals surface area contributed by atoms with Gasteiger partial charge in [-0.25, -0.2) is 13.4 Å². The van der Waals surface area contributed by atoms with Gasteiger partial charge in [-0.3, -0.25) is 0 Å². The number of pyridine rings is 1. The average molecular weight is 260 g/mol. The molecule has 1 aromatic heterocycles. The quantitative estimate of drug-likeness (QED) is 0.765. The normalized spacial score (nSPS) is 12.8. The first-order valence-corrected chi connectivity index (χ1v) is 5.63. The number of sulfone groups is 1. The minimum atomic E-state index is -5.36. The maximum absolute atomic E-state index is 12.0. The lowest BCUT2D eigenvalue weighted by molar-refractivity contribution is -0.0438. The molecule has 0 fully saturated rings. The fourth-order valence-corrected chi connectivity index (χ4v) is 1.60. The van der Waals surface area contributed by atoms with Crippen molar-refractivity contribution in [3.63, 3.8) is 0 Å². The first kappa shape index (κ1) is 12.3. The summed E-state index contributed by atoms with van der Waals surface area (Å²) in [4.78, 5) is 3.20. The summed E-state index contributed by atoms with van der Waals surface area (Å²) in [7, 11) is -5.36. The van der Waals surface area contributed by atoms with Crippen LogP contribution in [-0.2, 0) is 15.7 Å². The highest BCUT2D eigenvalue weighted by Crippen LogP contribution is 2.28. The number of nitrogens with zero attached hydrogens (tertiary/aromatic N) is 1. The van der Waals surface area contributed by atoms with E-state index in [4.69, 9.17) is 11.6 Å². The molecule has 0 aromatic carbocycles. The molecule has 1 aromatic rings. The van der Waals surface area contributed by atoms with Gasteiger partial charge in [0.2, 0.25) is 0 Å². The zero-order chi connectivity index (χ0) is 11.7. The van der Waals surface area contributed by atoms with Gasteiger partial charge in [-0.15, -0.1) is 11.6 Å². The van der Waals surface area contributed by atoms with Crippen LogP contribution < -0.4 is 0 Å². The Morgan fingerprint density at radius 2 is 1.93 bits per heavy atom. The number of alkyl halides is 4. The molecule has 0 aliphatic heterocycles. The van der Waals surface area contributed by atoms with E-state index in [1.165, 1.54) is 6.07 Å². The third-order valence-electron chi connectivity index (χ3n) is 1.53. The van der Waals surface area contributed by atoms with Gasteiger partial charge in [0.25, 0.3) is 9.84 Å². The summed E-state index contributed by atoms with van der Waals surface area (Å²) in [6.07, 6.45) is 0.992. The van der Waals surface area contributed by atoms with E-state index < -0.39 is 20.4 Å². The Labute approximate surface area is 88.8 Å². The van der Waals surface area contributed by atoms with E-state index in [0.717, 1.165) is 12.3 Å². The second kappa shape index (κ2) is 3.97. The molecule has 0 bridgehead atoms. The fourth-order valence-electron chi connectivity index (χ4n) is 0.768. The first-order valence-electron chi connectivity index (χ1n) is 3.61. The summed E-state index contributed by atoms with van der Waals surface area (Å²) in [5.74, 6) is 0.0549. The molecule has 1 rings (SSSR count). The molecule has 0 saturated heterocycles. The van der Waals surface area contributed by atoms with Crippen molar-refractivity contribution in [2.45, 2.75) is 16.4 Å². The molecule has 0 saturated carbocycles. The average Bonchev–Trinajstić information content (AvgIpc) is 2.16. The Morgan fingerprint density at radius 3 is 2.27 bits per heavy atom. The lowest BCUT2D eigenvalue weighted by Gasteiger charge is -2.06. The largest absolute Gasteiger partial charge is 0.503 e. The topological polar surface area (TPSA) is 47.0 Å². The predicted molar refractivity (Wildman–Crippen MR) is 47.0 cm³/mol. The number of hydrogen-bond donors (Lipinski definition) is 0. The van der Waals surface area contributed by atoms with Crippen LogP contribution in [0.2, 0.25) is 0 Å². The van der Waals surface area contributed by atoms with Gasteiger partial charge >= 0.3 is 5.51 Å². The Kier molecular flexibility index (Phi) is 3.25. The van der Waals surface area contributed by atoms with Crippen molar-refractivity contribution in [2.75, 3.05) is 0 Å². The molecule has 8 heteroatoms. The molecular formula is C7H5ClF3NO2S. The molecule has 15 heavy (non-hydrogen) atoms. The van der Waals surface area contributed by atoms with Gasteiger partial charge in [0, 0.05) is 12.1 Å². The molecule has 1 heterocycles. The molecule has 84 valence electrons. The summed E-state index contributed by atoms with van der Waals surface area (Å²) < 4.78 is 57.8. The van der Waals surface area contributed by atoms with Gasteiger partial charge in [0.1, 0.15) is 0 Å². The van der Waals surface area contributed by atoms with E-state index in [1.807, 2.05) is 0 Å². The molecule has 0 unspecified atom stereocenters. The van der Waals surface area contributed by atoms with Crippen molar-refractivity contribution in [3.8, 4) is 0 Å². The van der Waals surface area contributed by atoms with Gasteiger partial charge in [0.05, 0.1) is 0 Å². The zero-order valence-electron chi connectivity index (χ0n) is 7.12. The predicted octanol–water partition coefficient (Wildman–Crippen LogP) is 2.11. The van der Waals surface area contributed by atoms with Crippen LogP contribution >= 0.6 is 11.6 Å². The third-order valence-corrected chi connectivity index (χ3v) is 3.24. The van der Waals surface area contributed by atoms with E-state index in [1.54, 1.807) is 0 Å². The Bertz CT molecular complexity index is 440. The van der Waals surface area contributed by atoms with E-state index >= 15 is 0 Å². The summed E-state index contributed by atoms with van der Waals surface area (Å²) in [6, 6.07) is 1.96. The van der Waals surface area contributed by atoms with Crippen molar-refractivity contribution in [1.29, 1.82) is 0 Å². The fraction of sp³-hybridized carbons (Fsp3) is 0.286. The summed E-state index contributed by atoms with van der Waals surface area (Å²) in [6.45, 7) is 0. The number of rotatable bonds is 2. The molecule has 0 spiro atoms. The maximum Gasteiger partial charge on any atom is 0.503 e. The molecule has 0 aliphatic carbocycles. The van der Waals surface area contributed by atoms with Crippen molar-refractivity contribution in [3.05, 3.63) is 23.9 Å². The summed E-state index contributed by atoms with van der Waals surface area (Å²) >= 11 is 5.37. The second-order valence-corrected chi connectivity index (χ2v) is 4.74. The highest BCUT2D eigenvalue weighted by molar-refractivity contribution is 7.92. The highest BCUT2D eigenvalue weighted by atomic mass is 35.5. The molecular weight excluding hydrogens is 255 g/mol. The number of aromatic nitrogens is 1. The molecule has 0 radical (unpaired) electrons. The zero-order valence-corrected chi connectivity index (χ0v) is 8.70. The van der Waals surface area contributed by atoms with Crippen LogP contribution in [0.1, 0.15) is 5.56 Å². The van der Waals surface area contributed by atoms with Crippen LogP contribution in [0.15, 0.2) is 23.4 Å². The van der Waals surface area contributed by atoms with Crippen molar-refractivity contribution < 1.29 is 21.6 Å². The number of halogens is 4. The van der Waals surface area contributed by atoms with Crippen molar-refractivity contribution in [1.82, 2.24) is 4.98 Å². The van der Waals surface area contributed by atoms with Crippen LogP contribution in [0.3, 0.4) is 0 Å². The van der Waals surface area contributed by atoms with Crippen LogP contribution in [-0.4, -0.2) is 18.9 Å². The minimum absolute atomic E-state index is 0.0549. The van der Waals surface area contributed by atoms with Crippen molar-refractivity contribution in [2.24, 2.45) is 0 Å². The smallest absolute Gasteiger partial charge is 0.244 e. The van der Waals surface area contributed by atoms with E-state index in [-0.39, 0.29) is 5.88 Å². The first-order chi connectivity index (χ1) is 6.79. The monoisotopic (exact) mass is 259 g/mol. The van der Waals surface area contributed by atoms with Gasteiger partial charge in [-0.05, 0) is 11.6 Å². The van der Waals surface area contributed by atoms with Crippen LogP contribution in [0.5, 0.6) is 0 Å². The van der Waals surface area contributed by atoms with Crippen LogP contribution in [0, 0.1) is 0 Å². The minimum Gasteiger partial charge on any atom is -0.244 e. The van der Waals surface area contributed by atoms with Gasteiger partial charge in [-0.1, -0.05) is 6.07 Å². The lowest BCUT2D eigenvalue weighted by atomic mass is 10.3. The number of hydrogen-bond acceptors (Lipinski definition) is 3. The Balaban J connectivity index is 3.18. The van der Waals surface area contributed by atoms with E-state index in [9.17, 15) is 21.6 Å². The molecule has 0 N–H and O–H groups in total. The third kappa shape index (κ3) is 2.40. The van der Waals surface area contributed by atoms with Gasteiger partial charge in [-0.2, -0.15) is 13.2 Å². The standard InChI is InChI=1S/C7H5ClF3NO2S/c8-3-5-1-2-6(12-4-5)15(13,14)7(9,10)11/h1-2,4H,3H2. The summed E-state index contributed by atoms with van der Waals surface area (Å²) in [5.41, 5.74) is -4.89. The lowest BCUT2D eigenvalue weighted by Crippen LogP contribution is -2.24.